The Hall–Kier alpha value is -1.90. The lowest BCUT2D eigenvalue weighted by Gasteiger charge is -2.28. The number of phenols is 1. The predicted octanol–water partition coefficient (Wildman–Crippen LogP) is 2.19. The Morgan fingerprint density at radius 1 is 1.27 bits per heavy atom. The van der Waals surface area contributed by atoms with Crippen LogP contribution in [0.15, 0.2) is 24.5 Å². The fraction of sp³-hybridized carbons (Fsp3) is 0.385. The first kappa shape index (κ1) is 15.0. The number of fused-ring (bicyclic) bond motifs is 1. The molecule has 3 rings (SSSR count). The molecule has 1 aliphatic carbocycles. The van der Waals surface area contributed by atoms with Gasteiger partial charge < -0.3 is 5.11 Å². The molecule has 120 valence electrons. The van der Waals surface area contributed by atoms with Gasteiger partial charge in [-0.1, -0.05) is 0 Å². The van der Waals surface area contributed by atoms with Crippen molar-refractivity contribution >= 4 is 15.9 Å². The number of aryl methyl sites for hydroxylation is 1. The molecule has 0 amide bonds. The number of hydrogen-bond donors (Lipinski definition) is 2. The highest BCUT2D eigenvalue weighted by atomic mass is 32.2. The molecular formula is C13H13F3N2O3S. The number of alkyl halides is 3. The number of nitrogens with one attached hydrogen (secondary N) is 1. The molecule has 0 saturated carbocycles. The molecule has 2 N–H and O–H groups in total. The molecule has 1 aliphatic heterocycles. The van der Waals surface area contributed by atoms with E-state index < -0.39 is 22.3 Å². The molecule has 0 spiro atoms. The predicted molar refractivity (Wildman–Crippen MR) is 73.4 cm³/mol. The molecule has 0 aromatic heterocycles. The van der Waals surface area contributed by atoms with Crippen LogP contribution in [0.1, 0.15) is 17.5 Å². The third-order valence-corrected chi connectivity index (χ3v) is 5.18. The highest BCUT2D eigenvalue weighted by Crippen LogP contribution is 2.41. The van der Waals surface area contributed by atoms with Crippen LogP contribution < -0.4 is 9.03 Å². The van der Waals surface area contributed by atoms with Crippen molar-refractivity contribution in [2.45, 2.75) is 25.4 Å². The zero-order valence-corrected chi connectivity index (χ0v) is 12.1. The molecule has 9 heteroatoms. The summed E-state index contributed by atoms with van der Waals surface area (Å²) in [6, 6.07) is 2.66. The summed E-state index contributed by atoms with van der Waals surface area (Å²) < 4.78 is 65.0. The first-order chi connectivity index (χ1) is 10.2. The van der Waals surface area contributed by atoms with Crippen molar-refractivity contribution < 1.29 is 26.7 Å². The molecule has 5 nitrogen and oxygen atoms in total. The van der Waals surface area contributed by atoms with E-state index in [-0.39, 0.29) is 30.7 Å². The normalized spacial score (nSPS) is 23.2. The van der Waals surface area contributed by atoms with Crippen LogP contribution in [0.4, 0.5) is 18.9 Å². The summed E-state index contributed by atoms with van der Waals surface area (Å²) in [4.78, 5) is 0. The van der Waals surface area contributed by atoms with Crippen LogP contribution in [-0.4, -0.2) is 19.7 Å². The number of anilines is 1. The van der Waals surface area contributed by atoms with E-state index in [1.54, 1.807) is 0 Å². The molecule has 0 bridgehead atoms. The summed E-state index contributed by atoms with van der Waals surface area (Å²) in [6.07, 6.45) is -1.95. The summed E-state index contributed by atoms with van der Waals surface area (Å²) in [7, 11) is -3.84. The van der Waals surface area contributed by atoms with Crippen LogP contribution in [0.5, 0.6) is 5.75 Å². The van der Waals surface area contributed by atoms with Crippen LogP contribution in [0.3, 0.4) is 0 Å². The molecule has 1 unspecified atom stereocenters. The van der Waals surface area contributed by atoms with Gasteiger partial charge in [0.2, 0.25) is 0 Å². The molecule has 1 atom stereocenters. The molecule has 0 fully saturated rings. The first-order valence-electron chi connectivity index (χ1n) is 6.58. The van der Waals surface area contributed by atoms with E-state index in [9.17, 15) is 26.7 Å². The van der Waals surface area contributed by atoms with E-state index in [0.29, 0.717) is 11.1 Å². The van der Waals surface area contributed by atoms with Gasteiger partial charge in [-0.3, -0.25) is 4.72 Å². The van der Waals surface area contributed by atoms with Gasteiger partial charge in [0, 0.05) is 12.4 Å². The van der Waals surface area contributed by atoms with Gasteiger partial charge in [0.1, 0.15) is 11.4 Å². The largest absolute Gasteiger partial charge is 0.506 e. The first-order valence-corrected chi connectivity index (χ1v) is 8.02. The molecule has 1 aromatic carbocycles. The molecule has 22 heavy (non-hydrogen) atoms. The van der Waals surface area contributed by atoms with Gasteiger partial charge in [0.15, 0.2) is 0 Å². The number of hydrogen-bond acceptors (Lipinski definition) is 3. The van der Waals surface area contributed by atoms with Crippen LogP contribution in [0, 0.1) is 5.92 Å². The zero-order chi connectivity index (χ0) is 16.1. The monoisotopic (exact) mass is 334 g/mol. The van der Waals surface area contributed by atoms with Crippen molar-refractivity contribution in [1.29, 1.82) is 0 Å². The lowest BCUT2D eigenvalue weighted by Crippen LogP contribution is -2.30. The molecule has 1 heterocycles. The molecule has 0 saturated heterocycles. The van der Waals surface area contributed by atoms with Crippen molar-refractivity contribution in [1.82, 2.24) is 4.72 Å². The fourth-order valence-electron chi connectivity index (χ4n) is 2.77. The summed E-state index contributed by atoms with van der Waals surface area (Å²) >= 11 is 0. The Balaban J connectivity index is 2.01. The quantitative estimate of drug-likeness (QED) is 0.827. The summed E-state index contributed by atoms with van der Waals surface area (Å²) in [6.45, 7) is 0. The average Bonchev–Trinajstić information content (AvgIpc) is 2.76. The Kier molecular flexibility index (Phi) is 3.28. The highest BCUT2D eigenvalue weighted by Gasteiger charge is 2.41. The maximum Gasteiger partial charge on any atom is 0.392 e. The maximum absolute atomic E-state index is 12.9. The molecule has 1 aromatic rings. The average molecular weight is 334 g/mol. The highest BCUT2D eigenvalue weighted by molar-refractivity contribution is 7.91. The van der Waals surface area contributed by atoms with Crippen molar-refractivity contribution in [3.63, 3.8) is 0 Å². The van der Waals surface area contributed by atoms with Crippen molar-refractivity contribution in [3.8, 4) is 5.75 Å². The maximum atomic E-state index is 12.9. The van der Waals surface area contributed by atoms with Gasteiger partial charge >= 0.3 is 16.4 Å². The lowest BCUT2D eigenvalue weighted by molar-refractivity contribution is -0.177. The number of rotatable bonds is 1. The number of halogens is 3. The van der Waals surface area contributed by atoms with E-state index in [1.165, 1.54) is 24.5 Å². The Morgan fingerprint density at radius 2 is 2.00 bits per heavy atom. The van der Waals surface area contributed by atoms with E-state index in [0.717, 1.165) is 4.31 Å². The third-order valence-electron chi connectivity index (χ3n) is 3.91. The molecule has 0 radical (unpaired) electrons. The number of phenolic OH excluding ortho intramolecular Hbond substituents is 1. The van der Waals surface area contributed by atoms with Gasteiger partial charge in [0.25, 0.3) is 0 Å². The number of nitrogens with zero attached hydrogens (tertiary/aromatic N) is 1. The van der Waals surface area contributed by atoms with Crippen molar-refractivity contribution in [3.05, 3.63) is 35.7 Å². The van der Waals surface area contributed by atoms with Gasteiger partial charge in [-0.05, 0) is 42.5 Å². The minimum atomic E-state index is -4.28. The Morgan fingerprint density at radius 3 is 2.59 bits per heavy atom. The van der Waals surface area contributed by atoms with Crippen LogP contribution in [0.2, 0.25) is 0 Å². The number of aromatic hydroxyl groups is 1. The van der Waals surface area contributed by atoms with Crippen LogP contribution >= 0.6 is 0 Å². The lowest BCUT2D eigenvalue weighted by atomic mass is 9.83. The third kappa shape index (κ3) is 2.49. The Bertz CT molecular complexity index is 744. The second kappa shape index (κ2) is 4.80. The summed E-state index contributed by atoms with van der Waals surface area (Å²) in [5, 5.41) is 9.99. The second-order valence-electron chi connectivity index (χ2n) is 5.33. The van der Waals surface area contributed by atoms with E-state index in [1.807, 2.05) is 0 Å². The minimum absolute atomic E-state index is 0.0290. The minimum Gasteiger partial charge on any atom is -0.506 e. The smallest absolute Gasteiger partial charge is 0.392 e. The zero-order valence-electron chi connectivity index (χ0n) is 11.3. The van der Waals surface area contributed by atoms with E-state index in [4.69, 9.17) is 0 Å². The fourth-order valence-corrected chi connectivity index (χ4v) is 3.74. The van der Waals surface area contributed by atoms with Gasteiger partial charge in [-0.2, -0.15) is 21.6 Å². The topological polar surface area (TPSA) is 69.6 Å². The van der Waals surface area contributed by atoms with E-state index in [2.05, 4.69) is 4.72 Å². The standard InChI is InChI=1S/C13H13F3N2O3S/c14-13(15,16)10-2-1-8-7-12(19)11(6-9(8)5-10)18-4-3-17-22(18,20)21/h3-4,6-7,10,17,19H,1-2,5H2. The van der Waals surface area contributed by atoms with Crippen molar-refractivity contribution in [2.24, 2.45) is 5.92 Å². The number of benzene rings is 1. The van der Waals surface area contributed by atoms with Gasteiger partial charge in [-0.15, -0.1) is 0 Å². The van der Waals surface area contributed by atoms with Gasteiger partial charge in [-0.25, -0.2) is 4.31 Å². The Labute approximate surface area is 125 Å². The molecular weight excluding hydrogens is 321 g/mol. The molecule has 2 aliphatic rings. The second-order valence-corrected chi connectivity index (χ2v) is 6.90. The van der Waals surface area contributed by atoms with Crippen LogP contribution in [-0.2, 0) is 23.1 Å². The van der Waals surface area contributed by atoms with Gasteiger partial charge in [0.05, 0.1) is 5.92 Å². The van der Waals surface area contributed by atoms with Crippen molar-refractivity contribution in [2.75, 3.05) is 4.31 Å². The van der Waals surface area contributed by atoms with Crippen LogP contribution in [0.25, 0.3) is 0 Å². The summed E-state index contributed by atoms with van der Waals surface area (Å²) in [5.74, 6) is -1.72. The van der Waals surface area contributed by atoms with E-state index >= 15 is 0 Å². The SMILES string of the molecule is O=S1(=O)NC=CN1c1cc2c(cc1O)CCC(C(F)(F)F)C2. The summed E-state index contributed by atoms with van der Waals surface area (Å²) in [5.41, 5.74) is 0.981.